The Hall–Kier alpha value is -2.90. The third-order valence-electron chi connectivity index (χ3n) is 4.62. The summed E-state index contributed by atoms with van der Waals surface area (Å²) < 4.78 is 32.2. The Kier molecular flexibility index (Phi) is 7.88. The molecule has 0 saturated heterocycles. The molecule has 172 valence electrons. The fourth-order valence-electron chi connectivity index (χ4n) is 3.14. The lowest BCUT2D eigenvalue weighted by atomic mass is 10.2. The van der Waals surface area contributed by atoms with E-state index in [4.69, 9.17) is 19.7 Å². The van der Waals surface area contributed by atoms with Crippen molar-refractivity contribution in [2.75, 3.05) is 24.9 Å². The standard InChI is InChI=1S/C22H29N4O5P/c1-16(2)30-22(27)17(3)13-32(28,31-18-7-5-4-6-8-18)15-29-12-11-26-14-25-20-19(23)9-10-24-21(20)26/h4-10,14,16-17H,11-13,15H2,1-3H3,(H2,23,24)/t17-,32+/m1/s1. The average Bonchev–Trinajstić information content (AvgIpc) is 3.16. The third-order valence-corrected chi connectivity index (χ3v) is 6.84. The number of nitrogens with zero attached hydrogens (tertiary/aromatic N) is 3. The molecule has 0 aliphatic heterocycles. The minimum Gasteiger partial charge on any atom is -0.463 e. The van der Waals surface area contributed by atoms with Crippen LogP contribution in [0, 0.1) is 5.92 Å². The van der Waals surface area contributed by atoms with Crippen LogP contribution in [-0.2, 0) is 25.4 Å². The molecule has 2 atom stereocenters. The SMILES string of the molecule is CC(C)OC(=O)[C@H](C)C[P@@](=O)(COCCn1cnc2c(N)ccnc21)Oc1ccccc1. The Labute approximate surface area is 187 Å². The number of para-hydroxylation sites is 1. The van der Waals surface area contributed by atoms with Gasteiger partial charge >= 0.3 is 5.97 Å². The van der Waals surface area contributed by atoms with Crippen LogP contribution in [0.1, 0.15) is 20.8 Å². The summed E-state index contributed by atoms with van der Waals surface area (Å²) in [6, 6.07) is 10.6. The third kappa shape index (κ3) is 6.31. The van der Waals surface area contributed by atoms with Gasteiger partial charge < -0.3 is 24.3 Å². The molecule has 32 heavy (non-hydrogen) atoms. The number of nitrogen functional groups attached to an aromatic ring is 1. The number of rotatable bonds is 11. The molecule has 0 fully saturated rings. The van der Waals surface area contributed by atoms with Gasteiger partial charge in [0.2, 0.25) is 0 Å². The number of pyridine rings is 1. The summed E-state index contributed by atoms with van der Waals surface area (Å²) in [5.41, 5.74) is 7.75. The van der Waals surface area contributed by atoms with E-state index in [0.717, 1.165) is 0 Å². The van der Waals surface area contributed by atoms with E-state index in [-0.39, 0.29) is 25.2 Å². The monoisotopic (exact) mass is 460 g/mol. The second-order valence-corrected chi connectivity index (χ2v) is 10.3. The average molecular weight is 460 g/mol. The summed E-state index contributed by atoms with van der Waals surface area (Å²) in [4.78, 5) is 20.8. The molecule has 2 aromatic heterocycles. The van der Waals surface area contributed by atoms with Gasteiger partial charge in [0.05, 0.1) is 36.8 Å². The summed E-state index contributed by atoms with van der Waals surface area (Å²) in [5, 5.41) is 0. The highest BCUT2D eigenvalue weighted by Crippen LogP contribution is 2.48. The molecule has 2 heterocycles. The molecule has 0 aliphatic rings. The number of aromatic nitrogens is 3. The van der Waals surface area contributed by atoms with Crippen molar-refractivity contribution in [2.45, 2.75) is 33.4 Å². The number of esters is 1. The van der Waals surface area contributed by atoms with Gasteiger partial charge in [-0.2, -0.15) is 0 Å². The smallest absolute Gasteiger partial charge is 0.309 e. The van der Waals surface area contributed by atoms with E-state index in [1.54, 1.807) is 63.6 Å². The van der Waals surface area contributed by atoms with Crippen molar-refractivity contribution in [3.8, 4) is 5.75 Å². The number of anilines is 1. The normalized spacial score (nSPS) is 14.2. The van der Waals surface area contributed by atoms with Gasteiger partial charge in [0.1, 0.15) is 17.6 Å². The quantitative estimate of drug-likeness (QED) is 0.260. The fourth-order valence-corrected chi connectivity index (χ4v) is 5.27. The lowest BCUT2D eigenvalue weighted by Crippen LogP contribution is -2.23. The molecular weight excluding hydrogens is 431 g/mol. The molecule has 2 N–H and O–H groups in total. The van der Waals surface area contributed by atoms with Crippen LogP contribution in [0.4, 0.5) is 5.69 Å². The van der Waals surface area contributed by atoms with E-state index in [1.165, 1.54) is 0 Å². The molecule has 0 aliphatic carbocycles. The maximum absolute atomic E-state index is 13.6. The zero-order chi connectivity index (χ0) is 23.1. The molecule has 3 rings (SSSR count). The Morgan fingerprint density at radius 3 is 2.62 bits per heavy atom. The number of carbonyl (C=O) groups excluding carboxylic acids is 1. The molecule has 0 amide bonds. The van der Waals surface area contributed by atoms with E-state index < -0.39 is 19.3 Å². The van der Waals surface area contributed by atoms with E-state index in [9.17, 15) is 9.36 Å². The van der Waals surface area contributed by atoms with Crippen LogP contribution in [0.25, 0.3) is 11.2 Å². The van der Waals surface area contributed by atoms with Crippen molar-refractivity contribution in [1.82, 2.24) is 14.5 Å². The van der Waals surface area contributed by atoms with Gasteiger partial charge in [-0.15, -0.1) is 0 Å². The van der Waals surface area contributed by atoms with Crippen molar-refractivity contribution in [3.05, 3.63) is 48.9 Å². The summed E-state index contributed by atoms with van der Waals surface area (Å²) in [5.74, 6) is -0.546. The molecule has 0 saturated carbocycles. The van der Waals surface area contributed by atoms with Gasteiger partial charge in [0.15, 0.2) is 5.65 Å². The lowest BCUT2D eigenvalue weighted by molar-refractivity contribution is -0.151. The van der Waals surface area contributed by atoms with Crippen molar-refractivity contribution < 1.29 is 23.4 Å². The number of benzene rings is 1. The highest BCUT2D eigenvalue weighted by molar-refractivity contribution is 7.59. The number of hydrogen-bond donors (Lipinski definition) is 1. The van der Waals surface area contributed by atoms with E-state index in [0.29, 0.717) is 29.1 Å². The molecule has 10 heteroatoms. The number of carbonyl (C=O) groups is 1. The van der Waals surface area contributed by atoms with Crippen LogP contribution in [-0.4, -0.2) is 45.7 Å². The second-order valence-electron chi connectivity index (χ2n) is 7.84. The van der Waals surface area contributed by atoms with E-state index in [1.807, 2.05) is 10.6 Å². The summed E-state index contributed by atoms with van der Waals surface area (Å²) in [6.45, 7) is 5.93. The van der Waals surface area contributed by atoms with Crippen LogP contribution in [0.5, 0.6) is 5.75 Å². The topological polar surface area (TPSA) is 119 Å². The van der Waals surface area contributed by atoms with E-state index in [2.05, 4.69) is 9.97 Å². The van der Waals surface area contributed by atoms with Gasteiger partial charge in [-0.25, -0.2) is 9.97 Å². The maximum Gasteiger partial charge on any atom is 0.309 e. The van der Waals surface area contributed by atoms with Gasteiger partial charge in [-0.05, 0) is 32.0 Å². The Morgan fingerprint density at radius 2 is 1.91 bits per heavy atom. The first-order valence-corrected chi connectivity index (χ1v) is 12.4. The Bertz CT molecular complexity index is 1090. The maximum atomic E-state index is 13.6. The van der Waals surface area contributed by atoms with Crippen molar-refractivity contribution in [1.29, 1.82) is 0 Å². The molecule has 3 aromatic rings. The molecule has 1 aromatic carbocycles. The highest BCUT2D eigenvalue weighted by Gasteiger charge is 2.32. The van der Waals surface area contributed by atoms with Crippen LogP contribution in [0.3, 0.4) is 0 Å². The number of imidazole rings is 1. The first kappa shape index (κ1) is 23.8. The Balaban J connectivity index is 1.64. The van der Waals surface area contributed by atoms with Crippen LogP contribution in [0.15, 0.2) is 48.9 Å². The highest BCUT2D eigenvalue weighted by atomic mass is 31.2. The zero-order valence-electron chi connectivity index (χ0n) is 18.5. The van der Waals surface area contributed by atoms with Crippen molar-refractivity contribution in [3.63, 3.8) is 0 Å². The first-order valence-electron chi connectivity index (χ1n) is 10.4. The minimum absolute atomic E-state index is 0.0134. The first-order chi connectivity index (χ1) is 15.3. The molecule has 0 unspecified atom stereocenters. The van der Waals surface area contributed by atoms with Crippen LogP contribution >= 0.6 is 7.37 Å². The summed E-state index contributed by atoms with van der Waals surface area (Å²) in [7, 11) is -3.34. The number of ether oxygens (including phenoxy) is 2. The molecule has 0 radical (unpaired) electrons. The summed E-state index contributed by atoms with van der Waals surface area (Å²) in [6.07, 6.45) is 2.89. The second kappa shape index (κ2) is 10.6. The molecule has 0 bridgehead atoms. The predicted octanol–water partition coefficient (Wildman–Crippen LogP) is 3.93. The number of nitrogens with two attached hydrogens (primary N) is 1. The number of hydrogen-bond acceptors (Lipinski definition) is 8. The van der Waals surface area contributed by atoms with Gasteiger partial charge in [0.25, 0.3) is 7.37 Å². The van der Waals surface area contributed by atoms with Gasteiger partial charge in [-0.1, -0.05) is 25.1 Å². The lowest BCUT2D eigenvalue weighted by Gasteiger charge is -2.23. The largest absolute Gasteiger partial charge is 0.463 e. The van der Waals surface area contributed by atoms with Crippen molar-refractivity contribution in [2.24, 2.45) is 5.92 Å². The van der Waals surface area contributed by atoms with Gasteiger partial charge in [0, 0.05) is 12.7 Å². The minimum atomic E-state index is -3.34. The van der Waals surface area contributed by atoms with Crippen LogP contribution in [0.2, 0.25) is 0 Å². The fraction of sp³-hybridized carbons (Fsp3) is 0.409. The zero-order valence-corrected chi connectivity index (χ0v) is 19.4. The van der Waals surface area contributed by atoms with Crippen molar-refractivity contribution >= 4 is 30.2 Å². The predicted molar refractivity (Wildman–Crippen MR) is 123 cm³/mol. The Morgan fingerprint density at radius 1 is 1.16 bits per heavy atom. The molecule has 9 nitrogen and oxygen atoms in total. The van der Waals surface area contributed by atoms with Gasteiger partial charge in [-0.3, -0.25) is 9.36 Å². The summed E-state index contributed by atoms with van der Waals surface area (Å²) >= 11 is 0. The molecular formula is C22H29N4O5P. The molecule has 0 spiro atoms. The van der Waals surface area contributed by atoms with Crippen LogP contribution < -0.4 is 10.3 Å². The van der Waals surface area contributed by atoms with E-state index >= 15 is 0 Å². The number of fused-ring (bicyclic) bond motifs is 1.